The summed E-state index contributed by atoms with van der Waals surface area (Å²) in [5.41, 5.74) is 3.81. The maximum Gasteiger partial charge on any atom is 0.142 e. The van der Waals surface area contributed by atoms with E-state index in [1.807, 2.05) is 25.4 Å². The van der Waals surface area contributed by atoms with Crippen LogP contribution in [0.1, 0.15) is 36.6 Å². The molecular formula is C15H21N5. The van der Waals surface area contributed by atoms with Crippen LogP contribution in [0.4, 0.5) is 0 Å². The van der Waals surface area contributed by atoms with E-state index in [0.717, 1.165) is 37.6 Å². The fraction of sp³-hybridized carbons (Fsp3) is 0.533. The van der Waals surface area contributed by atoms with Gasteiger partial charge in [0.25, 0.3) is 0 Å². The fourth-order valence-corrected chi connectivity index (χ4v) is 2.95. The normalized spacial score (nSPS) is 18.6. The molecule has 3 rings (SSSR count). The molecule has 1 N–H and O–H groups in total. The highest BCUT2D eigenvalue weighted by Gasteiger charge is 2.29. The van der Waals surface area contributed by atoms with E-state index in [1.165, 1.54) is 11.3 Å². The van der Waals surface area contributed by atoms with Crippen molar-refractivity contribution in [3.63, 3.8) is 0 Å². The van der Waals surface area contributed by atoms with Gasteiger partial charge in [-0.3, -0.25) is 10.00 Å². The van der Waals surface area contributed by atoms with Gasteiger partial charge in [-0.05, 0) is 24.8 Å². The highest BCUT2D eigenvalue weighted by atomic mass is 15.2. The predicted octanol–water partition coefficient (Wildman–Crippen LogP) is 2.09. The largest absolute Gasteiger partial charge is 0.291 e. The average Bonchev–Trinajstić information content (AvgIpc) is 2.70. The molecule has 106 valence electrons. The molecule has 5 nitrogen and oxygen atoms in total. The van der Waals surface area contributed by atoms with Crippen molar-refractivity contribution >= 4 is 0 Å². The number of hydrogen-bond donors (Lipinski definition) is 1. The smallest absolute Gasteiger partial charge is 0.142 e. The summed E-state index contributed by atoms with van der Waals surface area (Å²) in [4.78, 5) is 11.3. The summed E-state index contributed by atoms with van der Waals surface area (Å²) in [7, 11) is 0. The number of H-pyrrole nitrogens is 1. The number of aromatic amines is 1. The quantitative estimate of drug-likeness (QED) is 0.908. The van der Waals surface area contributed by atoms with Gasteiger partial charge in [0, 0.05) is 36.2 Å². The first kappa shape index (κ1) is 13.2. The maximum absolute atomic E-state index is 4.51. The summed E-state index contributed by atoms with van der Waals surface area (Å²) in [6.45, 7) is 9.33. The lowest BCUT2D eigenvalue weighted by molar-refractivity contribution is 0.169. The molecule has 0 spiro atoms. The molecule has 0 bridgehead atoms. The van der Waals surface area contributed by atoms with E-state index in [-0.39, 0.29) is 5.41 Å². The third kappa shape index (κ3) is 2.88. The van der Waals surface area contributed by atoms with Crippen molar-refractivity contribution in [3.05, 3.63) is 41.2 Å². The summed E-state index contributed by atoms with van der Waals surface area (Å²) in [5, 5.41) is 7.32. The zero-order chi connectivity index (χ0) is 14.2. The van der Waals surface area contributed by atoms with Crippen molar-refractivity contribution in [2.45, 2.75) is 40.3 Å². The molecule has 0 atom stereocenters. The standard InChI is InChI=1S/C15H21N5/c1-11-4-5-16-14(18-11)9-20-8-12-7-17-19-13(12)6-15(2,3)10-20/h4-5,7H,6,8-10H2,1-3H3,(H,17,19). The second-order valence-electron chi connectivity index (χ2n) is 6.47. The van der Waals surface area contributed by atoms with Crippen molar-refractivity contribution < 1.29 is 0 Å². The molecule has 20 heavy (non-hydrogen) atoms. The van der Waals surface area contributed by atoms with Gasteiger partial charge in [0.2, 0.25) is 0 Å². The van der Waals surface area contributed by atoms with Gasteiger partial charge in [0.15, 0.2) is 0 Å². The van der Waals surface area contributed by atoms with Crippen molar-refractivity contribution in [1.29, 1.82) is 0 Å². The van der Waals surface area contributed by atoms with Crippen LogP contribution in [0.5, 0.6) is 0 Å². The zero-order valence-electron chi connectivity index (χ0n) is 12.3. The van der Waals surface area contributed by atoms with Gasteiger partial charge < -0.3 is 0 Å². The first-order chi connectivity index (χ1) is 9.52. The Morgan fingerprint density at radius 3 is 3.05 bits per heavy atom. The molecule has 0 aromatic carbocycles. The number of aromatic nitrogens is 4. The minimum absolute atomic E-state index is 0.224. The first-order valence-corrected chi connectivity index (χ1v) is 7.04. The van der Waals surface area contributed by atoms with Crippen LogP contribution in [0.3, 0.4) is 0 Å². The minimum Gasteiger partial charge on any atom is -0.291 e. The van der Waals surface area contributed by atoms with Gasteiger partial charge in [-0.15, -0.1) is 0 Å². The van der Waals surface area contributed by atoms with Gasteiger partial charge in [-0.2, -0.15) is 5.10 Å². The number of nitrogens with zero attached hydrogens (tertiary/aromatic N) is 4. The Morgan fingerprint density at radius 2 is 2.25 bits per heavy atom. The third-order valence-electron chi connectivity index (χ3n) is 3.72. The van der Waals surface area contributed by atoms with Gasteiger partial charge in [0.1, 0.15) is 5.82 Å². The van der Waals surface area contributed by atoms with E-state index in [0.29, 0.717) is 0 Å². The maximum atomic E-state index is 4.51. The Hall–Kier alpha value is -1.75. The summed E-state index contributed by atoms with van der Waals surface area (Å²) >= 11 is 0. The molecular weight excluding hydrogens is 250 g/mol. The van der Waals surface area contributed by atoms with Gasteiger partial charge >= 0.3 is 0 Å². The van der Waals surface area contributed by atoms with Gasteiger partial charge in [0.05, 0.1) is 12.7 Å². The molecule has 5 heteroatoms. The van der Waals surface area contributed by atoms with Crippen LogP contribution in [0.25, 0.3) is 0 Å². The SMILES string of the molecule is Cc1ccnc(CN2Cc3cn[nH]c3CC(C)(C)C2)n1. The number of fused-ring (bicyclic) bond motifs is 1. The molecule has 0 radical (unpaired) electrons. The first-order valence-electron chi connectivity index (χ1n) is 7.04. The van der Waals surface area contributed by atoms with E-state index >= 15 is 0 Å². The lowest BCUT2D eigenvalue weighted by Gasteiger charge is -2.29. The zero-order valence-corrected chi connectivity index (χ0v) is 12.3. The van der Waals surface area contributed by atoms with Gasteiger partial charge in [-0.25, -0.2) is 9.97 Å². The molecule has 0 saturated carbocycles. The lowest BCUT2D eigenvalue weighted by Crippen LogP contribution is -2.33. The summed E-state index contributed by atoms with van der Waals surface area (Å²) in [5.74, 6) is 0.896. The molecule has 0 aliphatic carbocycles. The van der Waals surface area contributed by atoms with Crippen LogP contribution in [-0.2, 0) is 19.5 Å². The molecule has 2 aromatic heterocycles. The number of nitrogens with one attached hydrogen (secondary N) is 1. The average molecular weight is 271 g/mol. The van der Waals surface area contributed by atoms with E-state index in [9.17, 15) is 0 Å². The van der Waals surface area contributed by atoms with Crippen molar-refractivity contribution in [1.82, 2.24) is 25.1 Å². The Balaban J connectivity index is 1.83. The molecule has 0 amide bonds. The van der Waals surface area contributed by atoms with Crippen molar-refractivity contribution in [2.75, 3.05) is 6.54 Å². The molecule has 1 aliphatic rings. The highest BCUT2D eigenvalue weighted by Crippen LogP contribution is 2.29. The van der Waals surface area contributed by atoms with E-state index in [2.05, 4.69) is 38.9 Å². The summed E-state index contributed by atoms with van der Waals surface area (Å²) < 4.78 is 0. The molecule has 0 saturated heterocycles. The number of rotatable bonds is 2. The van der Waals surface area contributed by atoms with Crippen LogP contribution >= 0.6 is 0 Å². The van der Waals surface area contributed by atoms with Crippen LogP contribution < -0.4 is 0 Å². The molecule has 0 fully saturated rings. The summed E-state index contributed by atoms with van der Waals surface area (Å²) in [6, 6.07) is 1.93. The van der Waals surface area contributed by atoms with Crippen LogP contribution in [0.2, 0.25) is 0 Å². The van der Waals surface area contributed by atoms with Crippen LogP contribution in [-0.4, -0.2) is 31.6 Å². The molecule has 0 unspecified atom stereocenters. The molecule has 2 aromatic rings. The predicted molar refractivity (Wildman–Crippen MR) is 77.0 cm³/mol. The summed E-state index contributed by atoms with van der Waals surface area (Å²) in [6.07, 6.45) is 4.82. The molecule has 1 aliphatic heterocycles. The minimum atomic E-state index is 0.224. The Kier molecular flexibility index (Phi) is 3.30. The highest BCUT2D eigenvalue weighted by molar-refractivity contribution is 5.19. The van der Waals surface area contributed by atoms with E-state index in [4.69, 9.17) is 0 Å². The van der Waals surface area contributed by atoms with E-state index in [1.54, 1.807) is 0 Å². The topological polar surface area (TPSA) is 57.7 Å². The lowest BCUT2D eigenvalue weighted by atomic mass is 9.88. The second kappa shape index (κ2) is 4.98. The monoisotopic (exact) mass is 271 g/mol. The van der Waals surface area contributed by atoms with Crippen molar-refractivity contribution in [3.8, 4) is 0 Å². The number of hydrogen-bond acceptors (Lipinski definition) is 4. The van der Waals surface area contributed by atoms with E-state index < -0.39 is 0 Å². The third-order valence-corrected chi connectivity index (χ3v) is 3.72. The fourth-order valence-electron chi connectivity index (χ4n) is 2.95. The van der Waals surface area contributed by atoms with Crippen LogP contribution in [0, 0.1) is 12.3 Å². The van der Waals surface area contributed by atoms with Crippen molar-refractivity contribution in [2.24, 2.45) is 5.41 Å². The second-order valence-corrected chi connectivity index (χ2v) is 6.47. The van der Waals surface area contributed by atoms with Gasteiger partial charge in [-0.1, -0.05) is 13.8 Å². The Labute approximate surface area is 119 Å². The Bertz CT molecular complexity index is 602. The van der Waals surface area contributed by atoms with Crippen LogP contribution in [0.15, 0.2) is 18.5 Å². The number of aryl methyl sites for hydroxylation is 1. The molecule has 3 heterocycles. The Morgan fingerprint density at radius 1 is 1.40 bits per heavy atom.